The molecule has 1 amide bonds. The summed E-state index contributed by atoms with van der Waals surface area (Å²) in [5, 5.41) is 0. The number of hydrogen-bond donors (Lipinski definition) is 0. The summed E-state index contributed by atoms with van der Waals surface area (Å²) in [4.78, 5) is 28.7. The molecule has 0 saturated heterocycles. The second-order valence-electron chi connectivity index (χ2n) is 7.54. The number of carbonyl (C=O) groups excluding carboxylic acids is 2. The van der Waals surface area contributed by atoms with E-state index < -0.39 is 12.1 Å². The number of esters is 1. The molecular weight excluding hydrogens is 374 g/mol. The van der Waals surface area contributed by atoms with E-state index in [9.17, 15) is 9.59 Å². The second-order valence-corrected chi connectivity index (χ2v) is 8.59. The van der Waals surface area contributed by atoms with Crippen LogP contribution >= 0.6 is 11.3 Å². The molecule has 0 spiro atoms. The van der Waals surface area contributed by atoms with E-state index in [2.05, 4.69) is 0 Å². The monoisotopic (exact) mass is 399 g/mol. The number of rotatable bonds is 4. The minimum atomic E-state index is -0.790. The van der Waals surface area contributed by atoms with Crippen molar-refractivity contribution in [2.75, 3.05) is 7.05 Å². The summed E-state index contributed by atoms with van der Waals surface area (Å²) in [5.74, 6) is 0.249. The predicted octanol–water partition coefficient (Wildman–Crippen LogP) is 4.64. The molecule has 1 saturated carbocycles. The van der Waals surface area contributed by atoms with Crippen LogP contribution in [0.3, 0.4) is 0 Å². The Bertz CT molecular complexity index is 884. The highest BCUT2D eigenvalue weighted by molar-refractivity contribution is 7.17. The van der Waals surface area contributed by atoms with Crippen molar-refractivity contribution in [1.29, 1.82) is 0 Å². The van der Waals surface area contributed by atoms with E-state index in [1.54, 1.807) is 11.8 Å². The smallest absolute Gasteiger partial charge is 0.349 e. The second kappa shape index (κ2) is 7.95. The van der Waals surface area contributed by atoms with Gasteiger partial charge in [-0.3, -0.25) is 4.79 Å². The maximum atomic E-state index is 12.7. The lowest BCUT2D eigenvalue weighted by molar-refractivity contribution is -0.141. The van der Waals surface area contributed by atoms with Gasteiger partial charge in [-0.2, -0.15) is 0 Å². The fraction of sp³-hybridized carbons (Fsp3) is 0.455. The number of ether oxygens (including phenoxy) is 2. The lowest BCUT2D eigenvalue weighted by Gasteiger charge is -2.32. The van der Waals surface area contributed by atoms with Crippen molar-refractivity contribution in [2.45, 2.75) is 57.8 Å². The van der Waals surface area contributed by atoms with Crippen LogP contribution in [0.1, 0.15) is 54.3 Å². The van der Waals surface area contributed by atoms with Gasteiger partial charge in [0, 0.05) is 29.1 Å². The van der Waals surface area contributed by atoms with E-state index in [1.807, 2.05) is 37.4 Å². The first-order valence-electron chi connectivity index (χ1n) is 9.87. The molecule has 2 heterocycles. The standard InChI is InChI=1S/C22H25NO4S/c1-14(21(24)23(2)16-8-4-3-5-9-16)27-22(25)19-12-15-13-26-18-11-7-6-10-17(18)20(15)28-19/h6-7,10-12,14,16H,3-5,8-9,13H2,1-2H3/t14-/m1/s1. The Kier molecular flexibility index (Phi) is 5.40. The van der Waals surface area contributed by atoms with Crippen LogP contribution in [0.15, 0.2) is 30.3 Å². The van der Waals surface area contributed by atoms with Crippen molar-refractivity contribution >= 4 is 23.2 Å². The zero-order valence-corrected chi connectivity index (χ0v) is 17.1. The maximum absolute atomic E-state index is 12.7. The molecule has 28 heavy (non-hydrogen) atoms. The van der Waals surface area contributed by atoms with Crippen LogP contribution in [0.4, 0.5) is 0 Å². The van der Waals surface area contributed by atoms with E-state index in [4.69, 9.17) is 9.47 Å². The topological polar surface area (TPSA) is 55.8 Å². The first kappa shape index (κ1) is 19.0. The molecule has 1 aromatic carbocycles. The van der Waals surface area contributed by atoms with Gasteiger partial charge in [0.1, 0.15) is 17.2 Å². The molecule has 1 aliphatic heterocycles. The van der Waals surface area contributed by atoms with Crippen LogP contribution in [-0.4, -0.2) is 36.0 Å². The van der Waals surface area contributed by atoms with Gasteiger partial charge in [-0.1, -0.05) is 31.4 Å². The van der Waals surface area contributed by atoms with Crippen LogP contribution in [0.2, 0.25) is 0 Å². The van der Waals surface area contributed by atoms with Crippen molar-refractivity contribution in [3.63, 3.8) is 0 Å². The summed E-state index contributed by atoms with van der Waals surface area (Å²) in [6.45, 7) is 2.10. The molecule has 0 radical (unpaired) electrons. The van der Waals surface area contributed by atoms with Gasteiger partial charge in [0.15, 0.2) is 6.10 Å². The van der Waals surface area contributed by atoms with Crippen LogP contribution < -0.4 is 4.74 Å². The molecule has 2 aliphatic rings. The predicted molar refractivity (Wildman–Crippen MR) is 109 cm³/mol. The van der Waals surface area contributed by atoms with E-state index in [1.165, 1.54) is 17.8 Å². The first-order valence-corrected chi connectivity index (χ1v) is 10.7. The van der Waals surface area contributed by atoms with Crippen molar-refractivity contribution < 1.29 is 19.1 Å². The molecule has 4 rings (SSSR count). The molecule has 0 N–H and O–H groups in total. The summed E-state index contributed by atoms with van der Waals surface area (Å²) >= 11 is 1.40. The Labute approximate surface area is 169 Å². The average molecular weight is 400 g/mol. The Morgan fingerprint density at radius 1 is 1.21 bits per heavy atom. The molecule has 148 valence electrons. The van der Waals surface area contributed by atoms with Gasteiger partial charge in [-0.25, -0.2) is 4.79 Å². The van der Waals surface area contributed by atoms with Gasteiger partial charge in [-0.15, -0.1) is 11.3 Å². The highest BCUT2D eigenvalue weighted by Crippen LogP contribution is 2.42. The van der Waals surface area contributed by atoms with Gasteiger partial charge >= 0.3 is 5.97 Å². The number of hydrogen-bond acceptors (Lipinski definition) is 5. The van der Waals surface area contributed by atoms with E-state index in [0.29, 0.717) is 11.5 Å². The molecule has 0 unspecified atom stereocenters. The Morgan fingerprint density at radius 3 is 2.75 bits per heavy atom. The summed E-state index contributed by atoms with van der Waals surface area (Å²) in [7, 11) is 1.82. The minimum absolute atomic E-state index is 0.129. The molecular formula is C22H25NO4S. The fourth-order valence-electron chi connectivity index (χ4n) is 4.00. The number of benzene rings is 1. The van der Waals surface area contributed by atoms with Crippen molar-refractivity contribution in [3.8, 4) is 16.2 Å². The molecule has 1 fully saturated rings. The van der Waals surface area contributed by atoms with Crippen LogP contribution in [0.25, 0.3) is 10.4 Å². The molecule has 1 atom stereocenters. The van der Waals surface area contributed by atoms with Crippen LogP contribution in [0, 0.1) is 0 Å². The van der Waals surface area contributed by atoms with Gasteiger partial charge in [0.25, 0.3) is 5.91 Å². The fourth-order valence-corrected chi connectivity index (χ4v) is 5.08. The third-order valence-corrected chi connectivity index (χ3v) is 6.82. The number of para-hydroxylation sites is 1. The molecule has 1 aromatic heterocycles. The summed E-state index contributed by atoms with van der Waals surface area (Å²) in [6, 6.07) is 9.88. The molecule has 6 heteroatoms. The lowest BCUT2D eigenvalue weighted by Crippen LogP contribution is -2.44. The van der Waals surface area contributed by atoms with Crippen molar-refractivity contribution in [2.24, 2.45) is 0 Å². The number of thiophene rings is 1. The Morgan fingerprint density at radius 2 is 1.96 bits per heavy atom. The number of likely N-dealkylation sites (N-methyl/N-ethyl adjacent to an activating group) is 1. The minimum Gasteiger partial charge on any atom is -0.488 e. The van der Waals surface area contributed by atoms with Crippen LogP contribution in [0.5, 0.6) is 5.75 Å². The Hall–Kier alpha value is -2.34. The zero-order chi connectivity index (χ0) is 19.7. The van der Waals surface area contributed by atoms with E-state index in [0.717, 1.165) is 47.4 Å². The summed E-state index contributed by atoms with van der Waals surface area (Å²) in [6.07, 6.45) is 4.81. The molecule has 1 aliphatic carbocycles. The highest BCUT2D eigenvalue weighted by Gasteiger charge is 2.29. The largest absolute Gasteiger partial charge is 0.488 e. The van der Waals surface area contributed by atoms with Crippen molar-refractivity contribution in [3.05, 3.63) is 40.8 Å². The SMILES string of the molecule is C[C@@H](OC(=O)c1cc2c(s1)-c1ccccc1OC2)C(=O)N(C)C1CCCCC1. The van der Waals surface area contributed by atoms with Gasteiger partial charge in [0.05, 0.1) is 0 Å². The quantitative estimate of drug-likeness (QED) is 0.703. The average Bonchev–Trinajstić information content (AvgIpc) is 3.18. The number of nitrogens with zero attached hydrogens (tertiary/aromatic N) is 1. The summed E-state index contributed by atoms with van der Waals surface area (Å²) < 4.78 is 11.3. The number of amides is 1. The van der Waals surface area contributed by atoms with Gasteiger partial charge < -0.3 is 14.4 Å². The Balaban J connectivity index is 1.44. The molecule has 5 nitrogen and oxygen atoms in total. The lowest BCUT2D eigenvalue weighted by atomic mass is 9.94. The maximum Gasteiger partial charge on any atom is 0.349 e. The van der Waals surface area contributed by atoms with Gasteiger partial charge in [-0.05, 0) is 38.0 Å². The highest BCUT2D eigenvalue weighted by atomic mass is 32.1. The van der Waals surface area contributed by atoms with Crippen LogP contribution in [-0.2, 0) is 16.1 Å². The number of fused-ring (bicyclic) bond motifs is 3. The third kappa shape index (κ3) is 3.65. The molecule has 2 aromatic rings. The number of carbonyl (C=O) groups is 2. The van der Waals surface area contributed by atoms with Crippen molar-refractivity contribution in [1.82, 2.24) is 4.90 Å². The molecule has 0 bridgehead atoms. The zero-order valence-electron chi connectivity index (χ0n) is 16.3. The van der Waals surface area contributed by atoms with Gasteiger partial charge in [0.2, 0.25) is 0 Å². The summed E-state index contributed by atoms with van der Waals surface area (Å²) in [5.41, 5.74) is 1.97. The van der Waals surface area contributed by atoms with E-state index in [-0.39, 0.29) is 11.9 Å². The normalized spacial score (nSPS) is 17.1. The van der Waals surface area contributed by atoms with E-state index >= 15 is 0 Å². The third-order valence-electron chi connectivity index (χ3n) is 5.63. The first-order chi connectivity index (χ1) is 13.5.